The number of aromatic nitrogens is 2. The van der Waals surface area contributed by atoms with E-state index in [1.807, 2.05) is 29.1 Å². The van der Waals surface area contributed by atoms with E-state index in [1.165, 1.54) is 5.56 Å². The predicted octanol–water partition coefficient (Wildman–Crippen LogP) is 4.12. The number of carbonyl (C=O) groups excluding carboxylic acids is 1. The molecule has 1 aromatic heterocycles. The van der Waals surface area contributed by atoms with Crippen LogP contribution in [0.4, 0.5) is 0 Å². The average Bonchev–Trinajstić information content (AvgIpc) is 3.16. The van der Waals surface area contributed by atoms with Crippen LogP contribution in [0.5, 0.6) is 5.75 Å². The summed E-state index contributed by atoms with van der Waals surface area (Å²) in [5.41, 5.74) is 5.05. The molecule has 0 saturated heterocycles. The zero-order valence-electron chi connectivity index (χ0n) is 16.8. The number of hydrogen-bond acceptors (Lipinski definition) is 4. The summed E-state index contributed by atoms with van der Waals surface area (Å²) in [5.74, 6) is 1.09. The van der Waals surface area contributed by atoms with Gasteiger partial charge in [-0.15, -0.1) is 0 Å². The van der Waals surface area contributed by atoms with E-state index in [-0.39, 0.29) is 5.91 Å². The first kappa shape index (κ1) is 20.3. The quantitative estimate of drug-likeness (QED) is 0.441. The van der Waals surface area contributed by atoms with Crippen LogP contribution in [0.25, 0.3) is 0 Å². The van der Waals surface area contributed by atoms with Crippen LogP contribution in [0, 0.1) is 5.92 Å². The smallest absolute Gasteiger partial charge is 0.271 e. The predicted molar refractivity (Wildman–Crippen MR) is 114 cm³/mol. The summed E-state index contributed by atoms with van der Waals surface area (Å²) in [6.07, 6.45) is 6.17. The van der Waals surface area contributed by atoms with Gasteiger partial charge in [-0.25, -0.2) is 5.43 Å². The van der Waals surface area contributed by atoms with Gasteiger partial charge in [-0.3, -0.25) is 9.48 Å². The van der Waals surface area contributed by atoms with Crippen LogP contribution in [-0.2, 0) is 6.54 Å². The Kier molecular flexibility index (Phi) is 7.16. The molecule has 2 aromatic carbocycles. The molecule has 6 heteroatoms. The molecule has 1 N–H and O–H groups in total. The fraction of sp³-hybridized carbons (Fsp3) is 0.261. The number of rotatable bonds is 9. The molecule has 0 aliphatic heterocycles. The molecule has 0 atom stereocenters. The Labute approximate surface area is 171 Å². The number of nitrogens with zero attached hydrogens (tertiary/aromatic N) is 3. The SMILES string of the molecule is CC(C)CCOc1ccc(C(=O)N/N=C\c2cnn(Cc3ccccc3)c2)cc1. The van der Waals surface area contributed by atoms with E-state index in [2.05, 4.69) is 41.6 Å². The van der Waals surface area contributed by atoms with Gasteiger partial charge in [0.2, 0.25) is 0 Å². The molecule has 0 radical (unpaired) electrons. The number of benzene rings is 2. The molecule has 1 heterocycles. The van der Waals surface area contributed by atoms with Gasteiger partial charge in [-0.2, -0.15) is 10.2 Å². The van der Waals surface area contributed by atoms with Gasteiger partial charge < -0.3 is 4.74 Å². The molecule has 0 aliphatic carbocycles. The summed E-state index contributed by atoms with van der Waals surface area (Å²) in [4.78, 5) is 12.2. The molecule has 0 saturated carbocycles. The highest BCUT2D eigenvalue weighted by atomic mass is 16.5. The maximum absolute atomic E-state index is 12.2. The Balaban J connectivity index is 1.48. The Morgan fingerprint density at radius 1 is 1.17 bits per heavy atom. The first-order chi connectivity index (χ1) is 14.1. The highest BCUT2D eigenvalue weighted by Crippen LogP contribution is 2.13. The van der Waals surface area contributed by atoms with Crippen molar-refractivity contribution in [3.05, 3.63) is 83.7 Å². The third kappa shape index (κ3) is 6.60. The minimum atomic E-state index is -0.272. The van der Waals surface area contributed by atoms with Gasteiger partial charge in [0, 0.05) is 17.3 Å². The molecule has 150 valence electrons. The molecule has 0 spiro atoms. The van der Waals surface area contributed by atoms with Crippen molar-refractivity contribution < 1.29 is 9.53 Å². The standard InChI is InChI=1S/C23H26N4O2/c1-18(2)12-13-29-22-10-8-21(9-11-22)23(28)26-24-14-20-15-25-27(17-20)16-19-6-4-3-5-7-19/h3-11,14-15,17-18H,12-13,16H2,1-2H3,(H,26,28)/b24-14-. The van der Waals surface area contributed by atoms with Crippen LogP contribution in [-0.4, -0.2) is 28.5 Å². The summed E-state index contributed by atoms with van der Waals surface area (Å²) in [7, 11) is 0. The lowest BCUT2D eigenvalue weighted by Gasteiger charge is -2.08. The van der Waals surface area contributed by atoms with Crippen LogP contribution in [0.1, 0.15) is 41.8 Å². The van der Waals surface area contributed by atoms with Crippen molar-refractivity contribution in [2.24, 2.45) is 11.0 Å². The fourth-order valence-corrected chi connectivity index (χ4v) is 2.65. The first-order valence-electron chi connectivity index (χ1n) is 9.73. The zero-order valence-corrected chi connectivity index (χ0v) is 16.8. The fourth-order valence-electron chi connectivity index (χ4n) is 2.65. The third-order valence-electron chi connectivity index (χ3n) is 4.30. The number of hydrazone groups is 1. The summed E-state index contributed by atoms with van der Waals surface area (Å²) >= 11 is 0. The molecule has 0 fully saturated rings. The second-order valence-electron chi connectivity index (χ2n) is 7.21. The van der Waals surface area contributed by atoms with Crippen molar-refractivity contribution in [1.82, 2.24) is 15.2 Å². The lowest BCUT2D eigenvalue weighted by atomic mass is 10.1. The second kappa shape index (κ2) is 10.2. The summed E-state index contributed by atoms with van der Waals surface area (Å²) in [6.45, 7) is 5.68. The van der Waals surface area contributed by atoms with Crippen molar-refractivity contribution in [3.8, 4) is 5.75 Å². The van der Waals surface area contributed by atoms with Crippen molar-refractivity contribution in [3.63, 3.8) is 0 Å². The van der Waals surface area contributed by atoms with E-state index in [9.17, 15) is 4.79 Å². The highest BCUT2D eigenvalue weighted by molar-refractivity contribution is 5.94. The normalized spacial score (nSPS) is 11.1. The lowest BCUT2D eigenvalue weighted by molar-refractivity contribution is 0.0955. The largest absolute Gasteiger partial charge is 0.494 e. The molecule has 0 unspecified atom stereocenters. The van der Waals surface area contributed by atoms with Crippen molar-refractivity contribution >= 4 is 12.1 Å². The Morgan fingerprint density at radius 3 is 2.66 bits per heavy atom. The number of ether oxygens (including phenoxy) is 1. The van der Waals surface area contributed by atoms with Gasteiger partial charge in [0.05, 0.1) is 25.6 Å². The Morgan fingerprint density at radius 2 is 1.93 bits per heavy atom. The van der Waals surface area contributed by atoms with Gasteiger partial charge in [0.15, 0.2) is 0 Å². The minimum Gasteiger partial charge on any atom is -0.494 e. The molecule has 3 aromatic rings. The van der Waals surface area contributed by atoms with Gasteiger partial charge in [-0.05, 0) is 42.2 Å². The summed E-state index contributed by atoms with van der Waals surface area (Å²) < 4.78 is 7.49. The van der Waals surface area contributed by atoms with Crippen LogP contribution in [0.2, 0.25) is 0 Å². The molecule has 6 nitrogen and oxygen atoms in total. The van der Waals surface area contributed by atoms with Gasteiger partial charge in [-0.1, -0.05) is 44.2 Å². The van der Waals surface area contributed by atoms with E-state index >= 15 is 0 Å². The van der Waals surface area contributed by atoms with E-state index in [0.717, 1.165) is 17.7 Å². The Bertz CT molecular complexity index is 931. The molecular weight excluding hydrogens is 364 g/mol. The van der Waals surface area contributed by atoms with Crippen LogP contribution >= 0.6 is 0 Å². The monoisotopic (exact) mass is 390 g/mol. The molecular formula is C23H26N4O2. The topological polar surface area (TPSA) is 68.5 Å². The van der Waals surface area contributed by atoms with Crippen molar-refractivity contribution in [2.75, 3.05) is 6.61 Å². The van der Waals surface area contributed by atoms with Gasteiger partial charge >= 0.3 is 0 Å². The van der Waals surface area contributed by atoms with Crippen LogP contribution in [0.3, 0.4) is 0 Å². The maximum Gasteiger partial charge on any atom is 0.271 e. The lowest BCUT2D eigenvalue weighted by Crippen LogP contribution is -2.17. The van der Waals surface area contributed by atoms with Crippen LogP contribution < -0.4 is 10.2 Å². The van der Waals surface area contributed by atoms with E-state index in [0.29, 0.717) is 24.6 Å². The Hall–Kier alpha value is -3.41. The minimum absolute atomic E-state index is 0.272. The summed E-state index contributed by atoms with van der Waals surface area (Å²) in [5, 5.41) is 8.33. The number of nitrogens with one attached hydrogen (secondary N) is 1. The molecule has 3 rings (SSSR count). The second-order valence-corrected chi connectivity index (χ2v) is 7.21. The zero-order chi connectivity index (χ0) is 20.5. The number of carbonyl (C=O) groups is 1. The van der Waals surface area contributed by atoms with Crippen molar-refractivity contribution in [1.29, 1.82) is 0 Å². The van der Waals surface area contributed by atoms with Gasteiger partial charge in [0.25, 0.3) is 5.91 Å². The van der Waals surface area contributed by atoms with E-state index < -0.39 is 0 Å². The highest BCUT2D eigenvalue weighted by Gasteiger charge is 2.05. The maximum atomic E-state index is 12.2. The molecule has 0 aliphatic rings. The van der Waals surface area contributed by atoms with Crippen molar-refractivity contribution in [2.45, 2.75) is 26.8 Å². The number of hydrogen-bond donors (Lipinski definition) is 1. The average molecular weight is 390 g/mol. The molecule has 0 bridgehead atoms. The first-order valence-corrected chi connectivity index (χ1v) is 9.73. The number of amides is 1. The van der Waals surface area contributed by atoms with E-state index in [4.69, 9.17) is 4.74 Å². The van der Waals surface area contributed by atoms with Crippen LogP contribution in [0.15, 0.2) is 72.1 Å². The van der Waals surface area contributed by atoms with E-state index in [1.54, 1.807) is 36.7 Å². The molecule has 29 heavy (non-hydrogen) atoms. The van der Waals surface area contributed by atoms with Gasteiger partial charge in [0.1, 0.15) is 5.75 Å². The third-order valence-corrected chi connectivity index (χ3v) is 4.30. The summed E-state index contributed by atoms with van der Waals surface area (Å²) in [6, 6.07) is 17.1. The molecule has 1 amide bonds.